The molecule has 16 atom stereocenters. The number of carboxylic acids is 1. The number of carboxylic acid groups (broad SMARTS) is 1. The molecule has 2 aromatic heterocycles. The van der Waals surface area contributed by atoms with Gasteiger partial charge in [0, 0.05) is 55.3 Å². The lowest BCUT2D eigenvalue weighted by atomic mass is 9.49. The van der Waals surface area contributed by atoms with Crippen molar-refractivity contribution < 1.29 is 34.4 Å². The molecular weight excluding hydrogens is 841 g/mol. The van der Waals surface area contributed by atoms with Crippen molar-refractivity contribution in [3.05, 3.63) is 49.1 Å². The molecule has 0 unspecified atom stereocenters. The number of hydrogen-bond donors (Lipinski definition) is 5. The van der Waals surface area contributed by atoms with Crippen LogP contribution in [0.1, 0.15) is 158 Å². The molecule has 0 aliphatic heterocycles. The smallest absolute Gasteiger partial charge is 0.307 e. The molecule has 10 rings (SSSR count). The highest BCUT2D eigenvalue weighted by molar-refractivity contribution is 5.93. The standard InChI is InChI=1S/C27H40N2O3.C22H36O4.C5H6N2.2CH4/c1-3-32-17-27(31)13-9-20-18(16-27)4-5-22-21(20)8-12-26(2)23(22)6-7-24(26)25(30)29-19-10-14-28-15-11-19;1-3-26-13-22(25)11-9-15-14(12-22)4-5-17-16(15)8-10-21(2)18(17)6-7-19(21)20(23)24;6-5-1-3-7-4-2-5;;/h10-11,14-15,18,20-24,31H,3-9,12-13,16-17H2,1-2H3,(H,28,29,30);14-19,25H,3-13H2,1-2H3,(H,23,24);1-4H,(H2,6,7);2*1H4/t18-,20+,21-,22-,23+,24-,26+,27-;14-,15+,16-,17-,18+,19-,21+,22-;;;/m11.../s1. The molecule has 8 aliphatic rings. The molecular formula is C56H90N4O7. The highest BCUT2D eigenvalue weighted by atomic mass is 16.5. The third kappa shape index (κ3) is 11.1. The van der Waals surface area contributed by atoms with Gasteiger partial charge in [0.15, 0.2) is 0 Å². The number of pyridine rings is 2. The van der Waals surface area contributed by atoms with Crippen LogP contribution in [0.3, 0.4) is 0 Å². The quantitative estimate of drug-likeness (QED) is 0.163. The maximum atomic E-state index is 13.2. The zero-order valence-electron chi connectivity index (χ0n) is 40.0. The topological polar surface area (TPSA) is 177 Å². The lowest BCUT2D eigenvalue weighted by Crippen LogP contribution is -2.52. The maximum absolute atomic E-state index is 13.2. The summed E-state index contributed by atoms with van der Waals surface area (Å²) in [7, 11) is 0. The van der Waals surface area contributed by atoms with Crippen LogP contribution in [-0.4, -0.2) is 74.8 Å². The minimum absolute atomic E-state index is 0. The Labute approximate surface area is 404 Å². The molecule has 0 aromatic carbocycles. The summed E-state index contributed by atoms with van der Waals surface area (Å²) in [6, 6.07) is 7.25. The van der Waals surface area contributed by atoms with Crippen LogP contribution in [0.15, 0.2) is 49.1 Å². The normalized spacial score (nSPS) is 41.1. The molecule has 0 saturated heterocycles. The number of carbonyl (C=O) groups excluding carboxylic acids is 1. The van der Waals surface area contributed by atoms with E-state index < -0.39 is 17.2 Å². The SMILES string of the molecule is C.C.CCOC[C@@]1(O)CC[C@H]2[C@H](CC[C@@H]3[C@@H]2CC[C@]2(C)[C@@H](C(=O)Nc4ccncc4)CC[C@@H]32)C1.CCOC[C@@]1(O)CC[C@H]2[C@H](CC[C@@H]3[C@@H]2CC[C@]2(C)[C@@H](C(=O)O)CC[C@@H]32)C1.Nc1ccncc1. The summed E-state index contributed by atoms with van der Waals surface area (Å²) in [5.74, 6) is 6.68. The molecule has 2 aromatic rings. The van der Waals surface area contributed by atoms with E-state index >= 15 is 0 Å². The summed E-state index contributed by atoms with van der Waals surface area (Å²) in [5.41, 5.74) is 5.84. The summed E-state index contributed by atoms with van der Waals surface area (Å²) >= 11 is 0. The van der Waals surface area contributed by atoms with Crippen LogP contribution in [0.5, 0.6) is 0 Å². The number of nitrogens with one attached hydrogen (secondary N) is 1. The van der Waals surface area contributed by atoms with E-state index in [0.29, 0.717) is 50.1 Å². The summed E-state index contributed by atoms with van der Waals surface area (Å²) in [6.45, 7) is 11.0. The molecule has 11 heteroatoms. The van der Waals surface area contributed by atoms with Gasteiger partial charge in [-0.15, -0.1) is 0 Å². The number of nitrogens with two attached hydrogens (primary N) is 1. The second-order valence-corrected chi connectivity index (χ2v) is 22.8. The van der Waals surface area contributed by atoms with E-state index in [2.05, 4.69) is 29.1 Å². The minimum atomic E-state index is -0.616. The van der Waals surface area contributed by atoms with E-state index in [1.165, 1.54) is 51.4 Å². The van der Waals surface area contributed by atoms with E-state index in [-0.39, 0.29) is 43.4 Å². The van der Waals surface area contributed by atoms with Crippen LogP contribution in [-0.2, 0) is 19.1 Å². The Kier molecular flexibility index (Phi) is 17.7. The van der Waals surface area contributed by atoms with Crippen molar-refractivity contribution >= 4 is 23.3 Å². The monoisotopic (exact) mass is 931 g/mol. The second kappa shape index (κ2) is 22.3. The van der Waals surface area contributed by atoms with Gasteiger partial charge in [-0.05, 0) is 224 Å². The average molecular weight is 931 g/mol. The molecule has 67 heavy (non-hydrogen) atoms. The first-order chi connectivity index (χ1) is 31.2. The van der Waals surface area contributed by atoms with Crippen molar-refractivity contribution in [3.63, 3.8) is 0 Å². The lowest BCUT2D eigenvalue weighted by Gasteiger charge is -2.57. The van der Waals surface area contributed by atoms with Crippen LogP contribution < -0.4 is 11.1 Å². The highest BCUT2D eigenvalue weighted by Crippen LogP contribution is 2.66. The van der Waals surface area contributed by atoms with Crippen LogP contribution in [0, 0.1) is 81.8 Å². The van der Waals surface area contributed by atoms with E-state index in [0.717, 1.165) is 111 Å². The van der Waals surface area contributed by atoms with Crippen molar-refractivity contribution in [1.29, 1.82) is 0 Å². The molecule has 376 valence electrons. The number of nitrogens with zero attached hydrogens (tertiary/aromatic N) is 2. The second-order valence-electron chi connectivity index (χ2n) is 22.8. The van der Waals surface area contributed by atoms with E-state index in [9.17, 15) is 24.9 Å². The van der Waals surface area contributed by atoms with Gasteiger partial charge in [0.1, 0.15) is 0 Å². The average Bonchev–Trinajstić information content (AvgIpc) is 3.85. The number of amides is 1. The van der Waals surface area contributed by atoms with Gasteiger partial charge in [-0.25, -0.2) is 0 Å². The summed E-state index contributed by atoms with van der Waals surface area (Å²) in [5, 5.41) is 34.9. The first kappa shape index (κ1) is 53.2. The van der Waals surface area contributed by atoms with Crippen molar-refractivity contribution in [2.75, 3.05) is 37.5 Å². The largest absolute Gasteiger partial charge is 0.481 e. The van der Waals surface area contributed by atoms with Gasteiger partial charge in [0.2, 0.25) is 5.91 Å². The van der Waals surface area contributed by atoms with Gasteiger partial charge in [-0.2, -0.15) is 0 Å². The van der Waals surface area contributed by atoms with E-state index in [1.54, 1.807) is 36.9 Å². The number of anilines is 2. The zero-order chi connectivity index (χ0) is 46.0. The Morgan fingerprint density at radius 1 is 0.612 bits per heavy atom. The molecule has 8 fully saturated rings. The van der Waals surface area contributed by atoms with Gasteiger partial charge < -0.3 is 35.8 Å². The summed E-state index contributed by atoms with van der Waals surface area (Å²) < 4.78 is 11.2. The minimum Gasteiger partial charge on any atom is -0.481 e. The van der Waals surface area contributed by atoms with Crippen molar-refractivity contribution in [2.45, 2.75) is 169 Å². The number of rotatable bonds is 9. The van der Waals surface area contributed by atoms with E-state index in [1.807, 2.05) is 26.0 Å². The molecule has 6 N–H and O–H groups in total. The molecule has 0 spiro atoms. The first-order valence-electron chi connectivity index (χ1n) is 25.9. The third-order valence-electron chi connectivity index (χ3n) is 19.6. The Morgan fingerprint density at radius 3 is 1.48 bits per heavy atom. The summed E-state index contributed by atoms with van der Waals surface area (Å²) in [6.07, 6.45) is 26.5. The number of fused-ring (bicyclic) bond motifs is 10. The Hall–Kier alpha value is -3.12. The fourth-order valence-electron chi connectivity index (χ4n) is 16.6. The Bertz CT molecular complexity index is 1890. The molecule has 2 heterocycles. The van der Waals surface area contributed by atoms with Gasteiger partial charge in [0.05, 0.1) is 30.3 Å². The Morgan fingerprint density at radius 2 is 1.04 bits per heavy atom. The number of aliphatic carboxylic acids is 1. The lowest BCUT2D eigenvalue weighted by molar-refractivity contribution is -0.152. The number of aromatic nitrogens is 2. The van der Waals surface area contributed by atoms with Crippen LogP contribution in [0.2, 0.25) is 0 Å². The van der Waals surface area contributed by atoms with Crippen molar-refractivity contribution in [3.8, 4) is 0 Å². The fourth-order valence-corrected chi connectivity index (χ4v) is 16.6. The van der Waals surface area contributed by atoms with Crippen LogP contribution >= 0.6 is 0 Å². The first-order valence-corrected chi connectivity index (χ1v) is 25.9. The molecule has 8 saturated carbocycles. The molecule has 0 radical (unpaired) electrons. The highest BCUT2D eigenvalue weighted by Gasteiger charge is 2.61. The predicted molar refractivity (Wildman–Crippen MR) is 267 cm³/mol. The number of nitrogen functional groups attached to an aromatic ring is 1. The van der Waals surface area contributed by atoms with Gasteiger partial charge in [0.25, 0.3) is 0 Å². The molecule has 1 amide bonds. The molecule has 11 nitrogen and oxygen atoms in total. The number of aliphatic hydroxyl groups is 2. The number of ether oxygens (including phenoxy) is 2. The fraction of sp³-hybridized carbons (Fsp3) is 0.786. The van der Waals surface area contributed by atoms with E-state index in [4.69, 9.17) is 15.2 Å². The number of hydrogen-bond acceptors (Lipinski definition) is 9. The van der Waals surface area contributed by atoms with Crippen molar-refractivity contribution in [1.82, 2.24) is 9.97 Å². The zero-order valence-corrected chi connectivity index (χ0v) is 40.0. The van der Waals surface area contributed by atoms with Gasteiger partial charge in [-0.3, -0.25) is 19.6 Å². The predicted octanol–water partition coefficient (Wildman–Crippen LogP) is 11.1. The Balaban J connectivity index is 0.000000191. The third-order valence-corrected chi connectivity index (χ3v) is 19.6. The number of carbonyl (C=O) groups is 2. The van der Waals surface area contributed by atoms with Crippen LogP contribution in [0.25, 0.3) is 0 Å². The van der Waals surface area contributed by atoms with Crippen molar-refractivity contribution in [2.24, 2.45) is 81.8 Å². The molecule has 0 bridgehead atoms. The summed E-state index contributed by atoms with van der Waals surface area (Å²) in [4.78, 5) is 32.8. The van der Waals surface area contributed by atoms with Gasteiger partial charge >= 0.3 is 5.97 Å². The van der Waals surface area contributed by atoms with Gasteiger partial charge in [-0.1, -0.05) is 28.7 Å². The maximum Gasteiger partial charge on any atom is 0.307 e. The molecule has 8 aliphatic carbocycles. The van der Waals surface area contributed by atoms with Crippen LogP contribution in [0.4, 0.5) is 11.4 Å².